The number of likely N-dealkylation sites (N-methyl/N-ethyl adjacent to an activating group) is 1. The van der Waals surface area contributed by atoms with Gasteiger partial charge in [0.2, 0.25) is 5.91 Å². The minimum absolute atomic E-state index is 0.162. The molecule has 1 aromatic heterocycles. The lowest BCUT2D eigenvalue weighted by Gasteiger charge is -2.36. The summed E-state index contributed by atoms with van der Waals surface area (Å²) in [5.74, 6) is -0.684. The van der Waals surface area contributed by atoms with Crippen molar-refractivity contribution >= 4 is 11.8 Å². The molecule has 0 radical (unpaired) electrons. The number of likely N-dealkylation sites (tertiary alicyclic amines) is 1. The number of aromatic nitrogens is 2. The van der Waals surface area contributed by atoms with Crippen molar-refractivity contribution in [2.45, 2.75) is 70.5 Å². The van der Waals surface area contributed by atoms with Crippen molar-refractivity contribution in [3.05, 3.63) is 53.9 Å². The first kappa shape index (κ1) is 30.7. The van der Waals surface area contributed by atoms with Gasteiger partial charge < -0.3 is 29.5 Å². The molecule has 0 bridgehead atoms. The fraction of sp³-hybridized carbons (Fsp3) is 0.607. The van der Waals surface area contributed by atoms with Crippen LogP contribution in [0.15, 0.2) is 36.8 Å². The molecule has 39 heavy (non-hydrogen) atoms. The molecule has 2 amide bonds. The highest BCUT2D eigenvalue weighted by atomic mass is 19.1. The summed E-state index contributed by atoms with van der Waals surface area (Å²) in [6.07, 6.45) is 3.94. The molecule has 216 valence electrons. The van der Waals surface area contributed by atoms with Gasteiger partial charge in [0.15, 0.2) is 0 Å². The molecule has 2 aromatic rings. The van der Waals surface area contributed by atoms with Crippen LogP contribution >= 0.6 is 0 Å². The van der Waals surface area contributed by atoms with Crippen LogP contribution in [-0.4, -0.2) is 100 Å². The number of carbonyl (C=O) groups is 2. The van der Waals surface area contributed by atoms with E-state index in [-0.39, 0.29) is 29.7 Å². The van der Waals surface area contributed by atoms with Crippen LogP contribution < -0.4 is 10.6 Å². The number of carbonyl (C=O) groups excluding carboxylic acids is 2. The molecule has 0 saturated carbocycles. The zero-order valence-corrected chi connectivity index (χ0v) is 23.6. The van der Waals surface area contributed by atoms with Crippen molar-refractivity contribution in [1.82, 2.24) is 30.0 Å². The molecule has 5 unspecified atom stereocenters. The van der Waals surface area contributed by atoms with E-state index < -0.39 is 18.4 Å². The number of hydrogen-bond acceptors (Lipinski definition) is 7. The third-order valence-corrected chi connectivity index (χ3v) is 7.33. The van der Waals surface area contributed by atoms with Crippen molar-refractivity contribution in [3.63, 3.8) is 0 Å². The Morgan fingerprint density at radius 1 is 1.28 bits per heavy atom. The minimum Gasteiger partial charge on any atom is -0.377 e. The summed E-state index contributed by atoms with van der Waals surface area (Å²) in [6.45, 7) is 7.24. The Morgan fingerprint density at radius 2 is 2.00 bits per heavy atom. The Bertz CT molecular complexity index is 1060. The molecule has 3 N–H and O–H groups in total. The zero-order chi connectivity index (χ0) is 28.5. The van der Waals surface area contributed by atoms with Gasteiger partial charge in [-0.25, -0.2) is 9.37 Å². The highest BCUT2D eigenvalue weighted by Crippen LogP contribution is 2.22. The molecule has 1 aromatic carbocycles. The van der Waals surface area contributed by atoms with Crippen molar-refractivity contribution < 1.29 is 23.8 Å². The minimum atomic E-state index is -0.953. The number of rotatable bonds is 14. The Kier molecular flexibility index (Phi) is 11.4. The van der Waals surface area contributed by atoms with Gasteiger partial charge in [-0.1, -0.05) is 12.1 Å². The van der Waals surface area contributed by atoms with Gasteiger partial charge in [-0.2, -0.15) is 0 Å². The number of hydrogen-bond donors (Lipinski definition) is 3. The maximum atomic E-state index is 13.9. The summed E-state index contributed by atoms with van der Waals surface area (Å²) >= 11 is 0. The molecule has 1 saturated heterocycles. The highest BCUT2D eigenvalue weighted by Gasteiger charge is 2.38. The van der Waals surface area contributed by atoms with Gasteiger partial charge >= 0.3 is 0 Å². The number of imidazole rings is 1. The summed E-state index contributed by atoms with van der Waals surface area (Å²) in [7, 11) is 3.55. The van der Waals surface area contributed by atoms with E-state index in [0.29, 0.717) is 38.4 Å². The van der Waals surface area contributed by atoms with Gasteiger partial charge in [0.1, 0.15) is 23.8 Å². The third-order valence-electron chi connectivity index (χ3n) is 7.33. The molecule has 1 aliphatic rings. The predicted octanol–water partition coefficient (Wildman–Crippen LogP) is 1.54. The Balaban J connectivity index is 1.79. The van der Waals surface area contributed by atoms with Crippen LogP contribution in [0.5, 0.6) is 0 Å². The molecule has 3 rings (SSSR count). The number of aryl methyl sites for hydroxylation is 1. The van der Waals surface area contributed by atoms with E-state index >= 15 is 0 Å². The van der Waals surface area contributed by atoms with Crippen LogP contribution in [0.4, 0.5) is 4.39 Å². The molecule has 0 spiro atoms. The number of nitrogens with zero attached hydrogens (tertiary/aromatic N) is 4. The second kappa shape index (κ2) is 14.5. The Labute approximate surface area is 230 Å². The van der Waals surface area contributed by atoms with E-state index in [1.165, 1.54) is 12.1 Å². The van der Waals surface area contributed by atoms with Crippen molar-refractivity contribution in [2.24, 2.45) is 7.05 Å². The second-order valence-electron chi connectivity index (χ2n) is 10.2. The number of benzene rings is 1. The van der Waals surface area contributed by atoms with Crippen LogP contribution in [0.25, 0.3) is 0 Å². The van der Waals surface area contributed by atoms with Crippen LogP contribution in [0.1, 0.15) is 49.7 Å². The van der Waals surface area contributed by atoms with E-state index in [1.54, 1.807) is 53.1 Å². The normalized spacial score (nSPS) is 18.5. The van der Waals surface area contributed by atoms with Crippen LogP contribution in [0, 0.1) is 5.82 Å². The molecular formula is C28H43FN6O4. The average molecular weight is 547 g/mol. The van der Waals surface area contributed by atoms with Gasteiger partial charge in [0.25, 0.3) is 5.91 Å². The first-order valence-electron chi connectivity index (χ1n) is 13.7. The highest BCUT2D eigenvalue weighted by molar-refractivity contribution is 5.92. The number of aliphatic hydroxyl groups excluding tert-OH is 1. The van der Waals surface area contributed by atoms with E-state index in [9.17, 15) is 19.1 Å². The summed E-state index contributed by atoms with van der Waals surface area (Å²) in [5, 5.41) is 16.7. The molecule has 11 heteroatoms. The second-order valence-corrected chi connectivity index (χ2v) is 10.2. The third kappa shape index (κ3) is 8.31. The van der Waals surface area contributed by atoms with Gasteiger partial charge in [-0.15, -0.1) is 0 Å². The number of ether oxygens (including phenoxy) is 1. The molecule has 5 atom stereocenters. The van der Waals surface area contributed by atoms with Crippen molar-refractivity contribution in [1.29, 1.82) is 0 Å². The summed E-state index contributed by atoms with van der Waals surface area (Å²) in [4.78, 5) is 35.1. The number of nitrogens with one attached hydrogen (secondary N) is 2. The SMILES string of the molecule is CCOC(C)C(NC(O)C(C)NC)C(=O)N1CCCC1CN(CCc1ccc(F)cc1)C(=O)c1cn(C)cn1. The Morgan fingerprint density at radius 3 is 2.62 bits per heavy atom. The average Bonchev–Trinajstić information content (AvgIpc) is 3.58. The Hall–Kier alpha value is -2.86. The summed E-state index contributed by atoms with van der Waals surface area (Å²) in [6, 6.07) is 5.02. The largest absolute Gasteiger partial charge is 0.377 e. The summed E-state index contributed by atoms with van der Waals surface area (Å²) in [5.41, 5.74) is 1.25. The lowest BCUT2D eigenvalue weighted by molar-refractivity contribution is -0.140. The van der Waals surface area contributed by atoms with Crippen LogP contribution in [0.3, 0.4) is 0 Å². The van der Waals surface area contributed by atoms with Crippen LogP contribution in [-0.2, 0) is 23.0 Å². The molecular weight excluding hydrogens is 503 g/mol. The van der Waals surface area contributed by atoms with Crippen LogP contribution in [0.2, 0.25) is 0 Å². The predicted molar refractivity (Wildman–Crippen MR) is 146 cm³/mol. The summed E-state index contributed by atoms with van der Waals surface area (Å²) < 4.78 is 20.9. The van der Waals surface area contributed by atoms with Gasteiger partial charge in [-0.3, -0.25) is 14.9 Å². The lowest BCUT2D eigenvalue weighted by atomic mass is 10.1. The molecule has 0 aliphatic carbocycles. The molecule has 10 nitrogen and oxygen atoms in total. The fourth-order valence-electron chi connectivity index (χ4n) is 4.88. The maximum Gasteiger partial charge on any atom is 0.274 e. The van der Waals surface area contributed by atoms with Gasteiger partial charge in [0, 0.05) is 51.6 Å². The fourth-order valence-corrected chi connectivity index (χ4v) is 4.88. The number of amides is 2. The van der Waals surface area contributed by atoms with E-state index in [0.717, 1.165) is 18.4 Å². The van der Waals surface area contributed by atoms with E-state index in [1.807, 2.05) is 20.8 Å². The molecule has 2 heterocycles. The van der Waals surface area contributed by atoms with E-state index in [2.05, 4.69) is 15.6 Å². The molecule has 1 fully saturated rings. The van der Waals surface area contributed by atoms with E-state index in [4.69, 9.17) is 4.74 Å². The zero-order valence-electron chi connectivity index (χ0n) is 23.6. The molecule has 1 aliphatic heterocycles. The standard InChI is InChI=1S/C28H43FN6O4/c1-6-39-20(3)25(32-26(36)19(2)30-4)28(38)35-14-7-8-23(35)16-34(27(37)24-17-33(5)18-31-24)15-13-21-9-11-22(29)12-10-21/h9-12,17-20,23,25-26,30,32,36H,6-8,13-16H2,1-5H3. The van der Waals surface area contributed by atoms with Gasteiger partial charge in [0.05, 0.1) is 12.4 Å². The topological polar surface area (TPSA) is 112 Å². The quantitative estimate of drug-likeness (QED) is 0.308. The van der Waals surface area contributed by atoms with Crippen molar-refractivity contribution in [2.75, 3.05) is 33.3 Å². The van der Waals surface area contributed by atoms with Gasteiger partial charge in [-0.05, 0) is 64.8 Å². The lowest BCUT2D eigenvalue weighted by Crippen LogP contribution is -2.60. The monoisotopic (exact) mass is 546 g/mol. The first-order chi connectivity index (χ1) is 18.6. The first-order valence-corrected chi connectivity index (χ1v) is 13.7. The smallest absolute Gasteiger partial charge is 0.274 e. The van der Waals surface area contributed by atoms with Crippen molar-refractivity contribution in [3.8, 4) is 0 Å². The maximum absolute atomic E-state index is 13.9. The number of halogens is 1. The number of aliphatic hydroxyl groups is 1.